The van der Waals surface area contributed by atoms with Crippen molar-refractivity contribution < 1.29 is 22.9 Å². The van der Waals surface area contributed by atoms with Gasteiger partial charge in [-0.25, -0.2) is 13.8 Å². The number of hydrogen-bond acceptors (Lipinski definition) is 5. The summed E-state index contributed by atoms with van der Waals surface area (Å²) < 4.78 is 39.6. The smallest absolute Gasteiger partial charge is 0.399 e. The lowest BCUT2D eigenvalue weighted by atomic mass is 9.78. The number of Topliss-reactive ketones (excluding diaryl/α,β-unsaturated/α-hetero) is 1. The van der Waals surface area contributed by atoms with Crippen LogP contribution in [0, 0.1) is 11.6 Å². The van der Waals surface area contributed by atoms with Gasteiger partial charge in [0.05, 0.1) is 17.1 Å². The number of nitrogens with one attached hydrogen (secondary N) is 1. The second-order valence-electron chi connectivity index (χ2n) is 8.58. The zero-order valence-corrected chi connectivity index (χ0v) is 16.9. The van der Waals surface area contributed by atoms with Gasteiger partial charge >= 0.3 is 7.12 Å². The van der Waals surface area contributed by atoms with Crippen LogP contribution >= 0.6 is 0 Å². The molecule has 0 bridgehead atoms. The molecular weight excluding hydrogens is 377 g/mol. The van der Waals surface area contributed by atoms with Crippen LogP contribution in [0.1, 0.15) is 44.7 Å². The number of ketones is 1. The Morgan fingerprint density at radius 2 is 1.93 bits per heavy atom. The van der Waals surface area contributed by atoms with Gasteiger partial charge in [0, 0.05) is 30.2 Å². The first-order valence-electron chi connectivity index (χ1n) is 9.64. The summed E-state index contributed by atoms with van der Waals surface area (Å²) in [4.78, 5) is 17.3. The molecule has 0 aliphatic carbocycles. The third-order valence-electron chi connectivity index (χ3n) is 6.10. The van der Waals surface area contributed by atoms with E-state index < -0.39 is 35.9 Å². The number of rotatable bonds is 4. The fraction of sp³-hybridized carbons (Fsp3) is 0.429. The van der Waals surface area contributed by atoms with Gasteiger partial charge in [-0.2, -0.15) is 0 Å². The van der Waals surface area contributed by atoms with E-state index in [9.17, 15) is 13.6 Å². The first-order chi connectivity index (χ1) is 13.6. The number of benzene rings is 1. The van der Waals surface area contributed by atoms with Gasteiger partial charge in [0.2, 0.25) is 0 Å². The van der Waals surface area contributed by atoms with Crippen LogP contribution in [0.3, 0.4) is 0 Å². The average molecular weight is 400 g/mol. The van der Waals surface area contributed by atoms with Crippen molar-refractivity contribution in [3.63, 3.8) is 0 Å². The molecule has 0 saturated carbocycles. The molecule has 2 aliphatic heterocycles. The Balaban J connectivity index is 1.58. The highest BCUT2D eigenvalue weighted by atomic mass is 19.2. The fourth-order valence-corrected chi connectivity index (χ4v) is 3.61. The number of hydrogen-bond donors (Lipinski definition) is 1. The molecule has 2 aromatic rings. The van der Waals surface area contributed by atoms with Crippen molar-refractivity contribution in [3.8, 4) is 0 Å². The molecule has 1 atom stereocenters. The Kier molecular flexibility index (Phi) is 4.74. The molecule has 1 fully saturated rings. The topological polar surface area (TPSA) is 60.5 Å². The van der Waals surface area contributed by atoms with Crippen LogP contribution in [0.5, 0.6) is 0 Å². The van der Waals surface area contributed by atoms with Crippen molar-refractivity contribution in [2.45, 2.75) is 51.2 Å². The lowest BCUT2D eigenvalue weighted by Crippen LogP contribution is -2.41. The third-order valence-corrected chi connectivity index (χ3v) is 6.10. The second kappa shape index (κ2) is 6.88. The van der Waals surface area contributed by atoms with Gasteiger partial charge in [0.25, 0.3) is 0 Å². The standard InChI is InChI=1S/C21H23BF2N2O3/c1-20(2)21(3,4)29-22(28-20)13-9-14-15(11-26-19(14)25-10-13)17(27)8-12-6-5-7-16(23)18(12)24/h5-7,9-10,15H,8,11H2,1-4H3,(H,25,26). The highest BCUT2D eigenvalue weighted by Crippen LogP contribution is 2.37. The van der Waals surface area contributed by atoms with Gasteiger partial charge in [0.15, 0.2) is 11.6 Å². The molecule has 1 unspecified atom stereocenters. The van der Waals surface area contributed by atoms with E-state index in [0.717, 1.165) is 17.1 Å². The molecule has 4 rings (SSSR count). The zero-order chi connectivity index (χ0) is 21.0. The van der Waals surface area contributed by atoms with Crippen LogP contribution in [-0.4, -0.2) is 35.6 Å². The number of nitrogens with zero attached hydrogens (tertiary/aromatic N) is 1. The fourth-order valence-electron chi connectivity index (χ4n) is 3.61. The lowest BCUT2D eigenvalue weighted by Gasteiger charge is -2.32. The van der Waals surface area contributed by atoms with Crippen molar-refractivity contribution in [2.24, 2.45) is 0 Å². The summed E-state index contributed by atoms with van der Waals surface area (Å²) in [5.41, 5.74) is 0.524. The molecule has 5 nitrogen and oxygen atoms in total. The summed E-state index contributed by atoms with van der Waals surface area (Å²) in [5, 5.41) is 3.11. The predicted molar refractivity (Wildman–Crippen MR) is 106 cm³/mol. The summed E-state index contributed by atoms with van der Waals surface area (Å²) in [7, 11) is -0.588. The van der Waals surface area contributed by atoms with Gasteiger partial charge in [-0.05, 0) is 39.3 Å². The van der Waals surface area contributed by atoms with Crippen molar-refractivity contribution in [1.82, 2.24) is 4.98 Å². The van der Waals surface area contributed by atoms with E-state index in [2.05, 4.69) is 10.3 Å². The summed E-state index contributed by atoms with van der Waals surface area (Å²) in [6, 6.07) is 5.73. The minimum Gasteiger partial charge on any atom is -0.399 e. The quantitative estimate of drug-likeness (QED) is 0.800. The number of pyridine rings is 1. The number of halogens is 2. The Morgan fingerprint density at radius 1 is 1.24 bits per heavy atom. The molecule has 1 aromatic carbocycles. The van der Waals surface area contributed by atoms with Gasteiger partial charge in [-0.15, -0.1) is 0 Å². The Hall–Kier alpha value is -2.32. The predicted octanol–water partition coefficient (Wildman–Crippen LogP) is 2.98. The van der Waals surface area contributed by atoms with Crippen molar-refractivity contribution in [3.05, 3.63) is 53.2 Å². The van der Waals surface area contributed by atoms with E-state index in [-0.39, 0.29) is 17.8 Å². The van der Waals surface area contributed by atoms with Crippen molar-refractivity contribution in [2.75, 3.05) is 11.9 Å². The molecule has 8 heteroatoms. The number of fused-ring (bicyclic) bond motifs is 1. The molecule has 29 heavy (non-hydrogen) atoms. The van der Waals surface area contributed by atoms with E-state index in [1.165, 1.54) is 12.1 Å². The van der Waals surface area contributed by atoms with Crippen molar-refractivity contribution in [1.29, 1.82) is 0 Å². The number of aromatic nitrogens is 1. The summed E-state index contributed by atoms with van der Waals surface area (Å²) in [6.07, 6.45) is 1.49. The van der Waals surface area contributed by atoms with Crippen LogP contribution in [-0.2, 0) is 20.5 Å². The lowest BCUT2D eigenvalue weighted by molar-refractivity contribution is -0.119. The van der Waals surface area contributed by atoms with E-state index in [1.54, 1.807) is 6.20 Å². The number of anilines is 1. The Bertz CT molecular complexity index is 964. The van der Waals surface area contributed by atoms with E-state index >= 15 is 0 Å². The molecule has 2 aliphatic rings. The average Bonchev–Trinajstić information content (AvgIpc) is 3.16. The van der Waals surface area contributed by atoms with E-state index in [0.29, 0.717) is 12.4 Å². The molecule has 0 spiro atoms. The minimum absolute atomic E-state index is 0.0542. The van der Waals surface area contributed by atoms with Gasteiger partial charge in [-0.1, -0.05) is 18.2 Å². The van der Waals surface area contributed by atoms with Crippen molar-refractivity contribution >= 4 is 24.2 Å². The summed E-state index contributed by atoms with van der Waals surface area (Å²) in [5.74, 6) is -2.01. The van der Waals surface area contributed by atoms with Gasteiger partial charge in [-0.3, -0.25) is 4.79 Å². The number of carbonyl (C=O) groups excluding carboxylic acids is 1. The van der Waals surface area contributed by atoms with Crippen LogP contribution in [0.2, 0.25) is 0 Å². The molecule has 0 radical (unpaired) electrons. The molecule has 152 valence electrons. The van der Waals surface area contributed by atoms with Crippen LogP contribution in [0.4, 0.5) is 14.6 Å². The maximum atomic E-state index is 14.0. The molecule has 1 aromatic heterocycles. The molecule has 0 amide bonds. The first kappa shape index (κ1) is 20.0. The normalized spacial score (nSPS) is 21.7. The summed E-state index contributed by atoms with van der Waals surface area (Å²) in [6.45, 7) is 8.24. The molecular formula is C21H23BF2N2O3. The van der Waals surface area contributed by atoms with Crippen LogP contribution in [0.15, 0.2) is 30.5 Å². The van der Waals surface area contributed by atoms with E-state index in [1.807, 2.05) is 33.8 Å². The molecule has 1 saturated heterocycles. The largest absolute Gasteiger partial charge is 0.496 e. The number of carbonyl (C=O) groups is 1. The highest BCUT2D eigenvalue weighted by molar-refractivity contribution is 6.62. The minimum atomic E-state index is -0.976. The zero-order valence-electron chi connectivity index (χ0n) is 16.9. The first-order valence-corrected chi connectivity index (χ1v) is 9.64. The van der Waals surface area contributed by atoms with Gasteiger partial charge < -0.3 is 14.6 Å². The van der Waals surface area contributed by atoms with Gasteiger partial charge in [0.1, 0.15) is 11.6 Å². The SMILES string of the molecule is CC1(C)OB(c2cnc3c(c2)C(C(=O)Cc2cccc(F)c2F)CN3)OC1(C)C. The maximum Gasteiger partial charge on any atom is 0.496 e. The highest BCUT2D eigenvalue weighted by Gasteiger charge is 2.52. The van der Waals surface area contributed by atoms with E-state index in [4.69, 9.17) is 9.31 Å². The summed E-state index contributed by atoms with van der Waals surface area (Å²) >= 11 is 0. The monoisotopic (exact) mass is 400 g/mol. The molecule has 1 N–H and O–H groups in total. The second-order valence-corrected chi connectivity index (χ2v) is 8.58. The molecule has 3 heterocycles. The maximum absolute atomic E-state index is 14.0. The Labute approximate surface area is 169 Å². The van der Waals surface area contributed by atoms with Crippen LogP contribution in [0.25, 0.3) is 0 Å². The van der Waals surface area contributed by atoms with Crippen LogP contribution < -0.4 is 10.8 Å². The third kappa shape index (κ3) is 3.44. The Morgan fingerprint density at radius 3 is 2.62 bits per heavy atom.